The van der Waals surface area contributed by atoms with Crippen LogP contribution in [0.2, 0.25) is 0 Å². The van der Waals surface area contributed by atoms with Crippen LogP contribution in [0.4, 0.5) is 5.13 Å². The topological polar surface area (TPSA) is 84.1 Å². The number of carbonyl (C=O) groups excluding carboxylic acids is 1. The zero-order valence-corrected chi connectivity index (χ0v) is 14.7. The number of likely N-dealkylation sites (tertiary alicyclic amines) is 1. The molecule has 0 saturated carbocycles. The Hall–Kier alpha value is -1.99. The zero-order chi connectivity index (χ0) is 16.9. The number of nitrogens with zero attached hydrogens (tertiary/aromatic N) is 3. The van der Waals surface area contributed by atoms with Gasteiger partial charge in [-0.2, -0.15) is 0 Å². The summed E-state index contributed by atoms with van der Waals surface area (Å²) in [4.78, 5) is 14.8. The molecule has 2 aromatic rings. The smallest absolute Gasteiger partial charge is 0.251 e. The van der Waals surface area contributed by atoms with Crippen LogP contribution < -0.4 is 11.1 Å². The summed E-state index contributed by atoms with van der Waals surface area (Å²) in [5.74, 6) is -0.110. The molecule has 1 aromatic heterocycles. The van der Waals surface area contributed by atoms with E-state index in [9.17, 15) is 4.79 Å². The van der Waals surface area contributed by atoms with E-state index in [1.807, 2.05) is 31.2 Å². The number of aromatic nitrogens is 2. The second kappa shape index (κ2) is 7.72. The first-order chi connectivity index (χ1) is 11.6. The van der Waals surface area contributed by atoms with E-state index in [1.165, 1.54) is 49.3 Å². The van der Waals surface area contributed by atoms with Gasteiger partial charge in [0.2, 0.25) is 5.13 Å². The summed E-state index contributed by atoms with van der Waals surface area (Å²) >= 11 is 1.29. The fourth-order valence-electron chi connectivity index (χ4n) is 2.90. The Kier molecular flexibility index (Phi) is 5.42. The second-order valence-corrected chi connectivity index (χ2v) is 7.25. The Balaban J connectivity index is 1.57. The van der Waals surface area contributed by atoms with Crippen molar-refractivity contribution in [2.45, 2.75) is 38.8 Å². The van der Waals surface area contributed by atoms with Gasteiger partial charge in [0, 0.05) is 12.1 Å². The molecule has 2 heterocycles. The third kappa shape index (κ3) is 4.30. The number of rotatable bonds is 5. The van der Waals surface area contributed by atoms with Crippen molar-refractivity contribution in [3.05, 3.63) is 40.4 Å². The summed E-state index contributed by atoms with van der Waals surface area (Å²) in [6, 6.07) is 7.64. The lowest BCUT2D eigenvalue weighted by molar-refractivity contribution is 0.0939. The van der Waals surface area contributed by atoms with Gasteiger partial charge < -0.3 is 11.1 Å². The Morgan fingerprint density at radius 3 is 2.58 bits per heavy atom. The normalized spacial score (nSPS) is 16.7. The molecular formula is C17H23N5OS. The Morgan fingerprint density at radius 1 is 1.25 bits per heavy atom. The molecule has 0 radical (unpaired) electrons. The molecule has 0 bridgehead atoms. The number of hydrogen-bond acceptors (Lipinski definition) is 6. The van der Waals surface area contributed by atoms with E-state index < -0.39 is 0 Å². The molecule has 1 fully saturated rings. The molecule has 1 atom stereocenters. The minimum atomic E-state index is -0.208. The van der Waals surface area contributed by atoms with E-state index in [2.05, 4.69) is 20.4 Å². The van der Waals surface area contributed by atoms with Crippen molar-refractivity contribution < 1.29 is 4.79 Å². The second-order valence-electron chi connectivity index (χ2n) is 6.21. The van der Waals surface area contributed by atoms with Crippen LogP contribution in [0.25, 0.3) is 0 Å². The number of nitrogens with two attached hydrogens (primary N) is 1. The molecule has 1 aliphatic heterocycles. The van der Waals surface area contributed by atoms with Crippen molar-refractivity contribution >= 4 is 22.4 Å². The van der Waals surface area contributed by atoms with Crippen molar-refractivity contribution in [3.63, 3.8) is 0 Å². The zero-order valence-electron chi connectivity index (χ0n) is 13.9. The number of nitrogens with one attached hydrogen (secondary N) is 1. The predicted octanol–water partition coefficient (Wildman–Crippen LogP) is 2.60. The molecule has 1 unspecified atom stereocenters. The third-order valence-electron chi connectivity index (χ3n) is 4.25. The van der Waals surface area contributed by atoms with Gasteiger partial charge in [-0.15, -0.1) is 10.2 Å². The van der Waals surface area contributed by atoms with Gasteiger partial charge in [0.1, 0.15) is 5.01 Å². The summed E-state index contributed by atoms with van der Waals surface area (Å²) in [7, 11) is 0. The van der Waals surface area contributed by atoms with Crippen molar-refractivity contribution in [1.82, 2.24) is 20.4 Å². The Morgan fingerprint density at radius 2 is 1.96 bits per heavy atom. The summed E-state index contributed by atoms with van der Waals surface area (Å²) in [5.41, 5.74) is 7.48. The van der Waals surface area contributed by atoms with Crippen LogP contribution in [0.15, 0.2) is 24.3 Å². The number of carbonyl (C=O) groups is 1. The first-order valence-electron chi connectivity index (χ1n) is 8.33. The van der Waals surface area contributed by atoms with Crippen LogP contribution >= 0.6 is 11.3 Å². The maximum absolute atomic E-state index is 12.3. The third-order valence-corrected chi connectivity index (χ3v) is 5.18. The number of hydrogen-bond donors (Lipinski definition) is 2. The summed E-state index contributed by atoms with van der Waals surface area (Å²) in [6.07, 6.45) is 3.91. The highest BCUT2D eigenvalue weighted by Crippen LogP contribution is 2.19. The van der Waals surface area contributed by atoms with Crippen molar-refractivity contribution in [2.24, 2.45) is 0 Å². The quantitative estimate of drug-likeness (QED) is 0.870. The first kappa shape index (κ1) is 16.9. The lowest BCUT2D eigenvalue weighted by Crippen LogP contribution is -2.29. The van der Waals surface area contributed by atoms with Crippen LogP contribution in [-0.4, -0.2) is 34.1 Å². The number of nitrogen functional groups attached to an aromatic ring is 1. The number of benzene rings is 1. The molecule has 6 nitrogen and oxygen atoms in total. The van der Waals surface area contributed by atoms with Crippen LogP contribution in [-0.2, 0) is 6.54 Å². The molecular weight excluding hydrogens is 322 g/mol. The van der Waals surface area contributed by atoms with Gasteiger partial charge >= 0.3 is 0 Å². The largest absolute Gasteiger partial charge is 0.374 e. The van der Waals surface area contributed by atoms with Gasteiger partial charge in [-0.25, -0.2) is 0 Å². The molecule has 0 aliphatic carbocycles. The Bertz CT molecular complexity index is 679. The van der Waals surface area contributed by atoms with Crippen LogP contribution in [0, 0.1) is 0 Å². The highest BCUT2D eigenvalue weighted by molar-refractivity contribution is 7.15. The van der Waals surface area contributed by atoms with Crippen LogP contribution in [0.1, 0.15) is 53.2 Å². The fraction of sp³-hybridized carbons (Fsp3) is 0.471. The van der Waals surface area contributed by atoms with Crippen LogP contribution in [0.5, 0.6) is 0 Å². The molecule has 1 aromatic carbocycles. The average Bonchev–Trinajstić information content (AvgIpc) is 3.03. The average molecular weight is 345 g/mol. The van der Waals surface area contributed by atoms with Gasteiger partial charge in [0.25, 0.3) is 5.91 Å². The highest BCUT2D eigenvalue weighted by Gasteiger charge is 2.15. The first-order valence-corrected chi connectivity index (χ1v) is 9.14. The molecule has 24 heavy (non-hydrogen) atoms. The Labute approximate surface area is 146 Å². The molecule has 1 aliphatic rings. The molecule has 3 rings (SSSR count). The molecule has 1 saturated heterocycles. The molecule has 1 amide bonds. The maximum Gasteiger partial charge on any atom is 0.251 e. The molecule has 0 spiro atoms. The van der Waals surface area contributed by atoms with Gasteiger partial charge in [0.05, 0.1) is 6.04 Å². The molecule has 7 heteroatoms. The van der Waals surface area contributed by atoms with E-state index in [0.29, 0.717) is 15.7 Å². The molecule has 128 valence electrons. The van der Waals surface area contributed by atoms with E-state index >= 15 is 0 Å². The lowest BCUT2D eigenvalue weighted by Gasteiger charge is -2.26. The van der Waals surface area contributed by atoms with Gasteiger partial charge in [-0.1, -0.05) is 29.9 Å². The van der Waals surface area contributed by atoms with Crippen LogP contribution in [0.3, 0.4) is 0 Å². The number of anilines is 1. The lowest BCUT2D eigenvalue weighted by atomic mass is 10.1. The van der Waals surface area contributed by atoms with Gasteiger partial charge in [-0.05, 0) is 50.6 Å². The van der Waals surface area contributed by atoms with E-state index in [1.54, 1.807) is 0 Å². The van der Waals surface area contributed by atoms with Gasteiger partial charge in [0.15, 0.2) is 0 Å². The molecule has 3 N–H and O–H groups in total. The van der Waals surface area contributed by atoms with E-state index in [4.69, 9.17) is 5.73 Å². The predicted molar refractivity (Wildman–Crippen MR) is 95.8 cm³/mol. The summed E-state index contributed by atoms with van der Waals surface area (Å²) in [6.45, 7) is 5.18. The van der Waals surface area contributed by atoms with E-state index in [0.717, 1.165) is 6.54 Å². The fourth-order valence-corrected chi connectivity index (χ4v) is 3.51. The number of amides is 1. The summed E-state index contributed by atoms with van der Waals surface area (Å²) in [5, 5.41) is 11.8. The highest BCUT2D eigenvalue weighted by atomic mass is 32.1. The standard InChI is InChI=1S/C17H23N5OS/c1-12(16-20-21-17(18)24-16)19-15(23)14-7-5-13(6-8-14)11-22-9-3-2-4-10-22/h5-8,12H,2-4,9-11H2,1H3,(H2,18,21)(H,19,23). The van der Waals surface area contributed by atoms with E-state index in [-0.39, 0.29) is 11.9 Å². The SMILES string of the molecule is CC(NC(=O)c1ccc(CN2CCCCC2)cc1)c1nnc(N)s1. The minimum Gasteiger partial charge on any atom is -0.374 e. The number of piperidine rings is 1. The van der Waals surface area contributed by atoms with Crippen molar-refractivity contribution in [2.75, 3.05) is 18.8 Å². The monoisotopic (exact) mass is 345 g/mol. The van der Waals surface area contributed by atoms with Crippen molar-refractivity contribution in [3.8, 4) is 0 Å². The van der Waals surface area contributed by atoms with Crippen molar-refractivity contribution in [1.29, 1.82) is 0 Å². The maximum atomic E-state index is 12.3. The minimum absolute atomic E-state index is 0.110. The summed E-state index contributed by atoms with van der Waals surface area (Å²) < 4.78 is 0. The van der Waals surface area contributed by atoms with Gasteiger partial charge in [-0.3, -0.25) is 9.69 Å².